The second-order valence-electron chi connectivity index (χ2n) is 6.96. The Kier molecular flexibility index (Phi) is 16.9. The van der Waals surface area contributed by atoms with Gasteiger partial charge in [-0.15, -0.1) is 24.0 Å². The Morgan fingerprint density at radius 2 is 1.83 bits per heavy atom. The third kappa shape index (κ3) is 18.1. The molecule has 0 aromatic heterocycles. The summed E-state index contributed by atoms with van der Waals surface area (Å²) < 4.78 is 10.4. The lowest BCUT2D eigenvalue weighted by molar-refractivity contribution is 0.0689. The highest BCUT2D eigenvalue weighted by Crippen LogP contribution is 2.21. The largest absolute Gasteiger partial charge is 0.382 e. The van der Waals surface area contributed by atoms with Gasteiger partial charge in [-0.1, -0.05) is 20.8 Å². The zero-order valence-electron chi connectivity index (χ0n) is 15.9. The van der Waals surface area contributed by atoms with Crippen molar-refractivity contribution in [2.45, 2.75) is 59.4 Å². The molecule has 0 fully saturated rings. The van der Waals surface area contributed by atoms with Crippen molar-refractivity contribution in [3.63, 3.8) is 0 Å². The number of ether oxygens (including phenoxy) is 2. The van der Waals surface area contributed by atoms with Gasteiger partial charge in [0.2, 0.25) is 0 Å². The van der Waals surface area contributed by atoms with Gasteiger partial charge in [-0.25, -0.2) is 0 Å². The van der Waals surface area contributed by atoms with Gasteiger partial charge in [0.1, 0.15) is 0 Å². The van der Waals surface area contributed by atoms with E-state index in [4.69, 9.17) is 9.47 Å². The fourth-order valence-corrected chi connectivity index (χ4v) is 1.93. The number of guanidine groups is 1. The average Bonchev–Trinajstić information content (AvgIpc) is 2.46. The molecule has 23 heavy (non-hydrogen) atoms. The van der Waals surface area contributed by atoms with Crippen LogP contribution in [-0.4, -0.2) is 52.5 Å². The summed E-state index contributed by atoms with van der Waals surface area (Å²) in [5.41, 5.74) is 0.385. The van der Waals surface area contributed by atoms with E-state index in [0.29, 0.717) is 24.7 Å². The third-order valence-corrected chi connectivity index (χ3v) is 3.37. The monoisotopic (exact) mass is 443 g/mol. The summed E-state index contributed by atoms with van der Waals surface area (Å²) >= 11 is 0. The van der Waals surface area contributed by atoms with Crippen molar-refractivity contribution in [3.8, 4) is 0 Å². The van der Waals surface area contributed by atoms with Crippen molar-refractivity contribution in [2.75, 3.05) is 40.5 Å². The van der Waals surface area contributed by atoms with Gasteiger partial charge in [-0.05, 0) is 38.0 Å². The fourth-order valence-electron chi connectivity index (χ4n) is 1.93. The van der Waals surface area contributed by atoms with E-state index in [1.807, 2.05) is 7.05 Å². The zero-order valence-corrected chi connectivity index (χ0v) is 18.2. The number of halogens is 1. The summed E-state index contributed by atoms with van der Waals surface area (Å²) in [6, 6.07) is 0.433. The molecule has 0 aliphatic carbocycles. The molecular weight excluding hydrogens is 405 g/mol. The number of hydrogen-bond acceptors (Lipinski definition) is 3. The molecule has 5 nitrogen and oxygen atoms in total. The van der Waals surface area contributed by atoms with Crippen LogP contribution in [0.1, 0.15) is 53.4 Å². The quantitative estimate of drug-likeness (QED) is 0.222. The molecule has 0 radical (unpaired) electrons. The van der Waals surface area contributed by atoms with E-state index in [-0.39, 0.29) is 24.0 Å². The minimum Gasteiger partial charge on any atom is -0.382 e. The maximum absolute atomic E-state index is 5.44. The van der Waals surface area contributed by atoms with E-state index in [1.54, 1.807) is 7.11 Å². The summed E-state index contributed by atoms with van der Waals surface area (Å²) in [5, 5.41) is 6.81. The lowest BCUT2D eigenvalue weighted by Gasteiger charge is -2.23. The van der Waals surface area contributed by atoms with Gasteiger partial charge in [0.25, 0.3) is 0 Å². The van der Waals surface area contributed by atoms with Crippen molar-refractivity contribution in [1.29, 1.82) is 0 Å². The molecule has 2 N–H and O–H groups in total. The van der Waals surface area contributed by atoms with Gasteiger partial charge in [0.15, 0.2) is 5.96 Å². The van der Waals surface area contributed by atoms with Crippen LogP contribution < -0.4 is 10.6 Å². The van der Waals surface area contributed by atoms with Crippen molar-refractivity contribution in [1.82, 2.24) is 10.6 Å². The topological polar surface area (TPSA) is 54.9 Å². The number of unbranched alkanes of at least 4 members (excludes halogenated alkanes) is 1. The van der Waals surface area contributed by atoms with Crippen molar-refractivity contribution in [2.24, 2.45) is 10.4 Å². The highest BCUT2D eigenvalue weighted by molar-refractivity contribution is 14.0. The Labute approximate surface area is 160 Å². The maximum atomic E-state index is 5.44. The highest BCUT2D eigenvalue weighted by Gasteiger charge is 2.13. The third-order valence-electron chi connectivity index (χ3n) is 3.37. The van der Waals surface area contributed by atoms with E-state index in [1.165, 1.54) is 6.42 Å². The van der Waals surface area contributed by atoms with Crippen LogP contribution in [0.15, 0.2) is 4.99 Å². The van der Waals surface area contributed by atoms with Crippen LogP contribution in [0.5, 0.6) is 0 Å². The Bertz CT molecular complexity index is 294. The minimum absolute atomic E-state index is 0. The lowest BCUT2D eigenvalue weighted by Crippen LogP contribution is -2.42. The van der Waals surface area contributed by atoms with Crippen LogP contribution >= 0.6 is 24.0 Å². The molecule has 0 saturated heterocycles. The Morgan fingerprint density at radius 1 is 1.13 bits per heavy atom. The Hall–Kier alpha value is -0.0800. The summed E-state index contributed by atoms with van der Waals surface area (Å²) in [6.45, 7) is 12.1. The van der Waals surface area contributed by atoms with E-state index < -0.39 is 0 Å². The Balaban J connectivity index is 0. The predicted molar refractivity (Wildman–Crippen MR) is 110 cm³/mol. The average molecular weight is 443 g/mol. The molecule has 0 saturated carbocycles. The van der Waals surface area contributed by atoms with Crippen molar-refractivity contribution >= 4 is 29.9 Å². The normalized spacial score (nSPS) is 13.4. The molecule has 0 bridgehead atoms. The number of methoxy groups -OCH3 is 1. The first kappa shape index (κ1) is 25.2. The summed E-state index contributed by atoms with van der Waals surface area (Å²) in [5.74, 6) is 0.890. The van der Waals surface area contributed by atoms with E-state index in [0.717, 1.165) is 38.4 Å². The maximum Gasteiger partial charge on any atom is 0.191 e. The minimum atomic E-state index is 0. The summed E-state index contributed by atoms with van der Waals surface area (Å²) in [7, 11) is 3.51. The molecular formula is C17H38IN3O2. The SMILES string of the molecule is CN=C(NCCCCOCCOC)NC(C)CCC(C)(C)C.I. The number of nitrogens with one attached hydrogen (secondary N) is 2. The first-order valence-electron chi connectivity index (χ1n) is 8.43. The van der Waals surface area contributed by atoms with E-state index in [9.17, 15) is 0 Å². The van der Waals surface area contributed by atoms with Crippen LogP contribution in [0, 0.1) is 5.41 Å². The highest BCUT2D eigenvalue weighted by atomic mass is 127. The smallest absolute Gasteiger partial charge is 0.191 e. The molecule has 0 aliphatic rings. The van der Waals surface area contributed by atoms with Gasteiger partial charge in [-0.2, -0.15) is 0 Å². The van der Waals surface area contributed by atoms with Crippen molar-refractivity contribution in [3.05, 3.63) is 0 Å². The molecule has 140 valence electrons. The lowest BCUT2D eigenvalue weighted by atomic mass is 9.89. The van der Waals surface area contributed by atoms with E-state index in [2.05, 4.69) is 43.3 Å². The molecule has 1 unspecified atom stereocenters. The van der Waals surface area contributed by atoms with Crippen LogP contribution in [-0.2, 0) is 9.47 Å². The standard InChI is InChI=1S/C17H37N3O2.HI/c1-15(9-10-17(2,3)4)20-16(18-5)19-11-7-8-12-22-14-13-21-6;/h15H,7-14H2,1-6H3,(H2,18,19,20);1H. The molecule has 0 spiro atoms. The van der Waals surface area contributed by atoms with Crippen LogP contribution in [0.4, 0.5) is 0 Å². The van der Waals surface area contributed by atoms with Gasteiger partial charge < -0.3 is 20.1 Å². The molecule has 1 atom stereocenters. The van der Waals surface area contributed by atoms with Crippen molar-refractivity contribution < 1.29 is 9.47 Å². The first-order valence-corrected chi connectivity index (χ1v) is 8.43. The second-order valence-corrected chi connectivity index (χ2v) is 6.96. The van der Waals surface area contributed by atoms with Crippen LogP contribution in [0.3, 0.4) is 0 Å². The molecule has 6 heteroatoms. The number of hydrogen-bond donors (Lipinski definition) is 2. The first-order chi connectivity index (χ1) is 10.4. The second kappa shape index (κ2) is 15.4. The zero-order chi connectivity index (χ0) is 16.8. The van der Waals surface area contributed by atoms with Crippen LogP contribution in [0.25, 0.3) is 0 Å². The fraction of sp³-hybridized carbons (Fsp3) is 0.941. The van der Waals surface area contributed by atoms with Gasteiger partial charge in [0.05, 0.1) is 13.2 Å². The number of rotatable bonds is 11. The van der Waals surface area contributed by atoms with Crippen LogP contribution in [0.2, 0.25) is 0 Å². The Morgan fingerprint density at radius 3 is 2.39 bits per heavy atom. The molecule has 0 aromatic rings. The molecule has 0 aliphatic heterocycles. The predicted octanol–water partition coefficient (Wildman–Crippen LogP) is 3.43. The van der Waals surface area contributed by atoms with Gasteiger partial charge >= 0.3 is 0 Å². The summed E-state index contributed by atoms with van der Waals surface area (Å²) in [4.78, 5) is 4.28. The van der Waals surface area contributed by atoms with Gasteiger partial charge in [0, 0.05) is 33.4 Å². The number of nitrogens with zero attached hydrogens (tertiary/aromatic N) is 1. The summed E-state index contributed by atoms with van der Waals surface area (Å²) in [6.07, 6.45) is 4.48. The molecule has 0 rings (SSSR count). The molecule has 0 amide bonds. The molecule has 0 heterocycles. The van der Waals surface area contributed by atoms with Gasteiger partial charge in [-0.3, -0.25) is 4.99 Å². The number of aliphatic imine (C=N–C) groups is 1. The molecule has 0 aromatic carbocycles. The van der Waals surface area contributed by atoms with E-state index >= 15 is 0 Å².